The number of methoxy groups -OCH3 is 2. The molecule has 32 heavy (non-hydrogen) atoms. The number of nitrogens with zero attached hydrogens (tertiary/aromatic N) is 1. The SMILES string of the molecule is COC(=O)COc1c(Cl)cc(/C=C2\C(=O)NC(=O)N(c3ccccc3C)C2=O)cc1OC. The van der Waals surface area contributed by atoms with Crippen molar-refractivity contribution in [2.75, 3.05) is 25.7 Å². The molecule has 2 aromatic carbocycles. The van der Waals surface area contributed by atoms with Crippen molar-refractivity contribution in [3.63, 3.8) is 0 Å². The van der Waals surface area contributed by atoms with Crippen LogP contribution in [-0.2, 0) is 19.1 Å². The first-order valence-corrected chi connectivity index (χ1v) is 9.68. The number of carbonyl (C=O) groups excluding carboxylic acids is 4. The fourth-order valence-electron chi connectivity index (χ4n) is 3.01. The van der Waals surface area contributed by atoms with Crippen LogP contribution >= 0.6 is 11.6 Å². The maximum Gasteiger partial charge on any atom is 0.343 e. The summed E-state index contributed by atoms with van der Waals surface area (Å²) in [6.45, 7) is 1.36. The summed E-state index contributed by atoms with van der Waals surface area (Å²) in [5.74, 6) is -1.97. The standard InChI is InChI=1S/C22H19ClN2O7/c1-12-6-4-5-7-16(12)25-21(28)14(20(27)24-22(25)29)8-13-9-15(23)19(17(10-13)30-2)32-11-18(26)31-3/h4-10H,11H2,1-3H3,(H,24,27,29)/b14-8+. The molecule has 0 aromatic heterocycles. The highest BCUT2D eigenvalue weighted by atomic mass is 35.5. The molecule has 9 nitrogen and oxygen atoms in total. The van der Waals surface area contributed by atoms with Gasteiger partial charge in [-0.1, -0.05) is 29.8 Å². The number of urea groups is 1. The van der Waals surface area contributed by atoms with Gasteiger partial charge in [0.15, 0.2) is 18.1 Å². The molecule has 1 aliphatic rings. The number of hydrogen-bond donors (Lipinski definition) is 1. The highest BCUT2D eigenvalue weighted by Crippen LogP contribution is 2.37. The van der Waals surface area contributed by atoms with Crippen molar-refractivity contribution >= 4 is 47.2 Å². The van der Waals surface area contributed by atoms with Gasteiger partial charge in [0.1, 0.15) is 5.57 Å². The van der Waals surface area contributed by atoms with E-state index in [9.17, 15) is 19.2 Å². The van der Waals surface area contributed by atoms with E-state index in [2.05, 4.69) is 10.1 Å². The van der Waals surface area contributed by atoms with E-state index in [-0.39, 0.29) is 28.7 Å². The number of esters is 1. The van der Waals surface area contributed by atoms with Crippen molar-refractivity contribution in [2.45, 2.75) is 6.92 Å². The molecule has 1 heterocycles. The van der Waals surface area contributed by atoms with Crippen LogP contribution in [0.15, 0.2) is 42.0 Å². The van der Waals surface area contributed by atoms with Gasteiger partial charge in [0.05, 0.1) is 24.9 Å². The van der Waals surface area contributed by atoms with Crippen LogP contribution in [0.2, 0.25) is 5.02 Å². The molecular formula is C22H19ClN2O7. The minimum absolute atomic E-state index is 0.0793. The number of para-hydroxylation sites is 1. The predicted octanol–water partition coefficient (Wildman–Crippen LogP) is 2.88. The molecule has 4 amide bonds. The van der Waals surface area contributed by atoms with Gasteiger partial charge in [-0.3, -0.25) is 14.9 Å². The Labute approximate surface area is 188 Å². The summed E-state index contributed by atoms with van der Waals surface area (Å²) in [6, 6.07) is 8.86. The van der Waals surface area contributed by atoms with Crippen LogP contribution in [0.1, 0.15) is 11.1 Å². The van der Waals surface area contributed by atoms with E-state index in [0.29, 0.717) is 16.8 Å². The van der Waals surface area contributed by atoms with E-state index in [1.54, 1.807) is 31.2 Å². The number of rotatable bonds is 6. The van der Waals surface area contributed by atoms with E-state index >= 15 is 0 Å². The summed E-state index contributed by atoms with van der Waals surface area (Å²) in [5, 5.41) is 2.25. The van der Waals surface area contributed by atoms with E-state index in [1.807, 2.05) is 0 Å². The zero-order valence-corrected chi connectivity index (χ0v) is 18.2. The van der Waals surface area contributed by atoms with Crippen molar-refractivity contribution in [3.05, 3.63) is 58.1 Å². The van der Waals surface area contributed by atoms with Gasteiger partial charge in [0.2, 0.25) is 0 Å². The molecule has 2 aromatic rings. The summed E-state index contributed by atoms with van der Waals surface area (Å²) in [6.07, 6.45) is 1.29. The summed E-state index contributed by atoms with van der Waals surface area (Å²) in [5.41, 5.74) is 1.11. The molecule has 1 fully saturated rings. The summed E-state index contributed by atoms with van der Waals surface area (Å²) >= 11 is 6.26. The van der Waals surface area contributed by atoms with Gasteiger partial charge < -0.3 is 14.2 Å². The zero-order valence-electron chi connectivity index (χ0n) is 17.4. The topological polar surface area (TPSA) is 111 Å². The number of anilines is 1. The third kappa shape index (κ3) is 4.57. The second kappa shape index (κ2) is 9.52. The molecule has 10 heteroatoms. The number of barbiturate groups is 1. The molecule has 3 rings (SSSR count). The Balaban J connectivity index is 1.99. The van der Waals surface area contributed by atoms with Gasteiger partial charge in [-0.2, -0.15) is 0 Å². The number of carbonyl (C=O) groups is 4. The first kappa shape index (κ1) is 22.8. The molecular weight excluding hydrogens is 440 g/mol. The van der Waals surface area contributed by atoms with Gasteiger partial charge in [0.25, 0.3) is 11.8 Å². The van der Waals surface area contributed by atoms with Crippen molar-refractivity contribution in [2.24, 2.45) is 0 Å². The van der Waals surface area contributed by atoms with Crippen LogP contribution < -0.4 is 19.7 Å². The number of nitrogens with one attached hydrogen (secondary N) is 1. The highest BCUT2D eigenvalue weighted by molar-refractivity contribution is 6.39. The van der Waals surface area contributed by atoms with Crippen LogP contribution in [0, 0.1) is 6.92 Å². The minimum Gasteiger partial charge on any atom is -0.493 e. The number of imide groups is 2. The van der Waals surface area contributed by atoms with Crippen molar-refractivity contribution in [3.8, 4) is 11.5 Å². The predicted molar refractivity (Wildman–Crippen MR) is 116 cm³/mol. The smallest absolute Gasteiger partial charge is 0.343 e. The maximum absolute atomic E-state index is 13.1. The Morgan fingerprint density at radius 1 is 1.16 bits per heavy atom. The van der Waals surface area contributed by atoms with Crippen molar-refractivity contribution in [1.29, 1.82) is 0 Å². The van der Waals surface area contributed by atoms with E-state index in [4.69, 9.17) is 21.1 Å². The Morgan fingerprint density at radius 2 is 1.88 bits per heavy atom. The fraction of sp³-hybridized carbons (Fsp3) is 0.182. The minimum atomic E-state index is -0.842. The highest BCUT2D eigenvalue weighted by Gasteiger charge is 2.37. The van der Waals surface area contributed by atoms with Gasteiger partial charge in [-0.25, -0.2) is 14.5 Å². The molecule has 0 atom stereocenters. The number of hydrogen-bond acceptors (Lipinski definition) is 7. The number of aryl methyl sites for hydroxylation is 1. The molecule has 0 bridgehead atoms. The van der Waals surface area contributed by atoms with Crippen LogP contribution in [0.4, 0.5) is 10.5 Å². The third-order valence-electron chi connectivity index (χ3n) is 4.58. The molecule has 166 valence electrons. The largest absolute Gasteiger partial charge is 0.493 e. The molecule has 1 saturated heterocycles. The molecule has 0 aliphatic carbocycles. The molecule has 0 spiro atoms. The molecule has 0 radical (unpaired) electrons. The van der Waals surface area contributed by atoms with Gasteiger partial charge in [-0.15, -0.1) is 0 Å². The van der Waals surface area contributed by atoms with Crippen molar-refractivity contribution in [1.82, 2.24) is 5.32 Å². The van der Waals surface area contributed by atoms with Crippen LogP contribution in [0.5, 0.6) is 11.5 Å². The Morgan fingerprint density at radius 3 is 2.53 bits per heavy atom. The van der Waals surface area contributed by atoms with Crippen molar-refractivity contribution < 1.29 is 33.4 Å². The van der Waals surface area contributed by atoms with Crippen LogP contribution in [-0.4, -0.2) is 44.6 Å². The quantitative estimate of drug-likeness (QED) is 0.402. The third-order valence-corrected chi connectivity index (χ3v) is 4.86. The lowest BCUT2D eigenvalue weighted by molar-refractivity contribution is -0.143. The first-order valence-electron chi connectivity index (χ1n) is 9.31. The second-order valence-corrected chi connectivity index (χ2v) is 7.05. The maximum atomic E-state index is 13.1. The van der Waals surface area contributed by atoms with E-state index in [0.717, 1.165) is 4.90 Å². The average Bonchev–Trinajstić information content (AvgIpc) is 2.76. The lowest BCUT2D eigenvalue weighted by Crippen LogP contribution is -2.54. The van der Waals surface area contributed by atoms with Gasteiger partial charge in [-0.05, 0) is 42.3 Å². The number of amides is 4. The Bertz CT molecular complexity index is 1140. The monoisotopic (exact) mass is 458 g/mol. The van der Waals surface area contributed by atoms with E-state index in [1.165, 1.54) is 32.4 Å². The molecule has 0 saturated carbocycles. The van der Waals surface area contributed by atoms with Crippen LogP contribution in [0.25, 0.3) is 6.08 Å². The zero-order chi connectivity index (χ0) is 23.4. The van der Waals surface area contributed by atoms with Gasteiger partial charge in [0, 0.05) is 0 Å². The van der Waals surface area contributed by atoms with Gasteiger partial charge >= 0.3 is 12.0 Å². The average molecular weight is 459 g/mol. The summed E-state index contributed by atoms with van der Waals surface area (Å²) in [7, 11) is 2.58. The number of benzene rings is 2. The normalized spacial score (nSPS) is 14.9. The lowest BCUT2D eigenvalue weighted by Gasteiger charge is -2.27. The Kier molecular flexibility index (Phi) is 6.79. The first-order chi connectivity index (χ1) is 15.3. The van der Waals surface area contributed by atoms with Crippen LogP contribution in [0.3, 0.4) is 0 Å². The molecule has 0 unspecified atom stereocenters. The van der Waals surface area contributed by atoms with E-state index < -0.39 is 23.8 Å². The Hall–Kier alpha value is -3.85. The second-order valence-electron chi connectivity index (χ2n) is 6.64. The molecule has 1 aliphatic heterocycles. The lowest BCUT2D eigenvalue weighted by atomic mass is 10.1. The summed E-state index contributed by atoms with van der Waals surface area (Å²) in [4.78, 5) is 50.1. The molecule has 1 N–H and O–H groups in total. The fourth-order valence-corrected chi connectivity index (χ4v) is 3.28. The number of halogens is 1. The summed E-state index contributed by atoms with van der Waals surface area (Å²) < 4.78 is 15.1. The number of ether oxygens (including phenoxy) is 3.